The van der Waals surface area contributed by atoms with Crippen molar-refractivity contribution < 1.29 is 19.4 Å². The van der Waals surface area contributed by atoms with Gasteiger partial charge in [-0.05, 0) is 70.9 Å². The largest absolute Gasteiger partial charge is 0.507 e. The Bertz CT molecular complexity index is 686. The smallest absolute Gasteiger partial charge is 0.341 e. The molecule has 0 saturated heterocycles. The van der Waals surface area contributed by atoms with Gasteiger partial charge in [-0.25, -0.2) is 4.79 Å². The first kappa shape index (κ1) is 20.3. The molecule has 0 aromatic heterocycles. The van der Waals surface area contributed by atoms with Crippen molar-refractivity contribution in [2.75, 3.05) is 7.11 Å². The Morgan fingerprint density at radius 2 is 2.15 bits per heavy atom. The van der Waals surface area contributed by atoms with Crippen LogP contribution in [0.15, 0.2) is 17.7 Å². The third-order valence-electron chi connectivity index (χ3n) is 5.12. The molecule has 1 aliphatic heterocycles. The fourth-order valence-corrected chi connectivity index (χ4v) is 3.51. The molecule has 0 bridgehead atoms. The van der Waals surface area contributed by atoms with Crippen molar-refractivity contribution in [1.82, 2.24) is 0 Å². The van der Waals surface area contributed by atoms with Crippen molar-refractivity contribution in [3.8, 4) is 11.5 Å². The monoisotopic (exact) mass is 360 g/mol. The van der Waals surface area contributed by atoms with Gasteiger partial charge in [-0.15, -0.1) is 0 Å². The fourth-order valence-electron chi connectivity index (χ4n) is 3.51. The average molecular weight is 360 g/mol. The summed E-state index contributed by atoms with van der Waals surface area (Å²) in [7, 11) is 1.35. The number of fused-ring (bicyclic) bond motifs is 1. The second kappa shape index (κ2) is 8.61. The van der Waals surface area contributed by atoms with Crippen molar-refractivity contribution in [3.05, 3.63) is 34.4 Å². The molecule has 1 aliphatic rings. The zero-order valence-corrected chi connectivity index (χ0v) is 16.8. The molecule has 2 rings (SSSR count). The number of rotatable bonds is 7. The number of phenols is 1. The van der Waals surface area contributed by atoms with Crippen molar-refractivity contribution in [2.24, 2.45) is 0 Å². The van der Waals surface area contributed by atoms with E-state index in [1.54, 1.807) is 0 Å². The van der Waals surface area contributed by atoms with Gasteiger partial charge in [-0.2, -0.15) is 0 Å². The van der Waals surface area contributed by atoms with Crippen LogP contribution in [-0.4, -0.2) is 23.8 Å². The number of methoxy groups -OCH3 is 1. The number of hydrogen-bond donors (Lipinski definition) is 1. The number of aryl methyl sites for hydroxylation is 1. The summed E-state index contributed by atoms with van der Waals surface area (Å²) in [6.45, 7) is 8.44. The van der Waals surface area contributed by atoms with Gasteiger partial charge < -0.3 is 14.6 Å². The molecule has 0 unspecified atom stereocenters. The number of allylic oxidation sites excluding steroid dienone is 2. The van der Waals surface area contributed by atoms with Crippen LogP contribution in [0.3, 0.4) is 0 Å². The second-order valence-corrected chi connectivity index (χ2v) is 7.70. The van der Waals surface area contributed by atoms with Crippen LogP contribution in [0, 0.1) is 0 Å². The maximum atomic E-state index is 12.2. The van der Waals surface area contributed by atoms with Gasteiger partial charge >= 0.3 is 5.97 Å². The van der Waals surface area contributed by atoms with E-state index in [4.69, 9.17) is 9.47 Å². The lowest BCUT2D eigenvalue weighted by molar-refractivity contribution is 0.0551. The van der Waals surface area contributed by atoms with Gasteiger partial charge in [-0.1, -0.05) is 25.0 Å². The Hall–Kier alpha value is -1.97. The van der Waals surface area contributed by atoms with Crippen LogP contribution in [0.4, 0.5) is 0 Å². The fraction of sp³-hybridized carbons (Fsp3) is 0.591. The average Bonchev–Trinajstić information content (AvgIpc) is 2.58. The topological polar surface area (TPSA) is 55.8 Å². The first-order valence-electron chi connectivity index (χ1n) is 9.59. The molecule has 0 spiro atoms. The van der Waals surface area contributed by atoms with E-state index in [2.05, 4.69) is 33.8 Å². The zero-order chi connectivity index (χ0) is 19.3. The number of carbonyl (C=O) groups excluding carboxylic acids is 1. The Labute approximate surface area is 157 Å². The minimum Gasteiger partial charge on any atom is -0.507 e. The highest BCUT2D eigenvalue weighted by molar-refractivity contribution is 5.95. The van der Waals surface area contributed by atoms with E-state index in [1.165, 1.54) is 12.7 Å². The summed E-state index contributed by atoms with van der Waals surface area (Å²) in [4.78, 5) is 12.2. The van der Waals surface area contributed by atoms with E-state index in [0.29, 0.717) is 17.7 Å². The number of phenolic OH excluding ortho intramolecular Hbond substituents is 1. The first-order chi connectivity index (χ1) is 12.3. The highest BCUT2D eigenvalue weighted by Gasteiger charge is 2.34. The second-order valence-electron chi connectivity index (χ2n) is 7.70. The van der Waals surface area contributed by atoms with Gasteiger partial charge in [0.1, 0.15) is 22.7 Å². The molecule has 4 heteroatoms. The number of ether oxygens (including phenoxy) is 2. The Balaban J connectivity index is 2.35. The van der Waals surface area contributed by atoms with Crippen LogP contribution in [0.5, 0.6) is 11.5 Å². The number of benzene rings is 1. The zero-order valence-electron chi connectivity index (χ0n) is 16.8. The summed E-state index contributed by atoms with van der Waals surface area (Å²) < 4.78 is 11.2. The Morgan fingerprint density at radius 1 is 1.42 bits per heavy atom. The van der Waals surface area contributed by atoms with E-state index in [0.717, 1.165) is 49.7 Å². The van der Waals surface area contributed by atoms with E-state index < -0.39 is 5.97 Å². The van der Waals surface area contributed by atoms with Gasteiger partial charge in [-0.3, -0.25) is 0 Å². The SMILES string of the molecule is CCCCc1cc2c(c(O)c1C(=O)OC)CC[C@@](C)(CCC=C(C)C)O2. The summed E-state index contributed by atoms with van der Waals surface area (Å²) >= 11 is 0. The molecule has 0 saturated carbocycles. The summed E-state index contributed by atoms with van der Waals surface area (Å²) in [5.41, 5.74) is 2.90. The van der Waals surface area contributed by atoms with Crippen molar-refractivity contribution >= 4 is 5.97 Å². The molecule has 1 aromatic rings. The number of hydrogen-bond acceptors (Lipinski definition) is 4. The normalized spacial score (nSPS) is 18.7. The van der Waals surface area contributed by atoms with Crippen LogP contribution in [0.2, 0.25) is 0 Å². The standard InChI is InChI=1S/C22H32O4/c1-6-7-10-16-14-18-17(20(23)19(16)21(24)25-5)11-13-22(4,26-18)12-8-9-15(2)3/h9,14,23H,6-8,10-13H2,1-5H3/t22-/m1/s1. The molecule has 26 heavy (non-hydrogen) atoms. The highest BCUT2D eigenvalue weighted by Crippen LogP contribution is 2.43. The number of carbonyl (C=O) groups is 1. The number of esters is 1. The molecule has 0 aliphatic carbocycles. The molecule has 1 N–H and O–H groups in total. The molecule has 1 aromatic carbocycles. The maximum Gasteiger partial charge on any atom is 0.341 e. The molecule has 0 amide bonds. The van der Waals surface area contributed by atoms with Crippen LogP contribution < -0.4 is 4.74 Å². The molecular formula is C22H32O4. The molecule has 0 fully saturated rings. The van der Waals surface area contributed by atoms with Crippen LogP contribution in [0.1, 0.15) is 81.3 Å². The summed E-state index contributed by atoms with van der Waals surface area (Å²) in [6, 6.07) is 1.94. The van der Waals surface area contributed by atoms with Crippen LogP contribution >= 0.6 is 0 Å². The van der Waals surface area contributed by atoms with Gasteiger partial charge in [0.25, 0.3) is 0 Å². The minimum absolute atomic E-state index is 0.0341. The van der Waals surface area contributed by atoms with Crippen molar-refractivity contribution in [3.63, 3.8) is 0 Å². The van der Waals surface area contributed by atoms with Gasteiger partial charge in [0.05, 0.1) is 7.11 Å². The molecule has 1 atom stereocenters. The molecule has 144 valence electrons. The third kappa shape index (κ3) is 4.60. The first-order valence-corrected chi connectivity index (χ1v) is 9.59. The predicted molar refractivity (Wildman–Crippen MR) is 104 cm³/mol. The van der Waals surface area contributed by atoms with Gasteiger partial charge in [0.2, 0.25) is 0 Å². The number of unbranched alkanes of at least 4 members (excludes halogenated alkanes) is 1. The molecule has 4 nitrogen and oxygen atoms in total. The summed E-state index contributed by atoms with van der Waals surface area (Å²) in [6.07, 6.45) is 8.34. The summed E-state index contributed by atoms with van der Waals surface area (Å²) in [5, 5.41) is 10.7. The number of aromatic hydroxyl groups is 1. The summed E-state index contributed by atoms with van der Waals surface area (Å²) in [5.74, 6) is 0.271. The van der Waals surface area contributed by atoms with Crippen molar-refractivity contribution in [1.29, 1.82) is 0 Å². The quantitative estimate of drug-likeness (QED) is 0.526. The molecule has 0 radical (unpaired) electrons. The Kier molecular flexibility index (Phi) is 6.74. The van der Waals surface area contributed by atoms with E-state index in [-0.39, 0.29) is 11.4 Å². The van der Waals surface area contributed by atoms with Crippen molar-refractivity contribution in [2.45, 2.75) is 78.2 Å². The van der Waals surface area contributed by atoms with Gasteiger partial charge in [0, 0.05) is 5.56 Å². The van der Waals surface area contributed by atoms with E-state index in [1.807, 2.05) is 6.07 Å². The lowest BCUT2D eigenvalue weighted by Crippen LogP contribution is -2.36. The van der Waals surface area contributed by atoms with E-state index in [9.17, 15) is 9.90 Å². The lowest BCUT2D eigenvalue weighted by Gasteiger charge is -2.36. The predicted octanol–water partition coefficient (Wildman–Crippen LogP) is 5.35. The van der Waals surface area contributed by atoms with Gasteiger partial charge in [0.15, 0.2) is 0 Å². The maximum absolute atomic E-state index is 12.2. The lowest BCUT2D eigenvalue weighted by atomic mass is 9.86. The van der Waals surface area contributed by atoms with Crippen LogP contribution in [0.25, 0.3) is 0 Å². The molecular weight excluding hydrogens is 328 g/mol. The highest BCUT2D eigenvalue weighted by atomic mass is 16.5. The third-order valence-corrected chi connectivity index (χ3v) is 5.12. The minimum atomic E-state index is -0.478. The molecule has 1 heterocycles. The van der Waals surface area contributed by atoms with Crippen LogP contribution in [-0.2, 0) is 17.6 Å². The van der Waals surface area contributed by atoms with E-state index >= 15 is 0 Å². The Morgan fingerprint density at radius 3 is 2.77 bits per heavy atom.